The molecule has 1 unspecified atom stereocenters. The minimum Gasteiger partial charge on any atom is -0.481 e. The monoisotopic (exact) mass is 239 g/mol. The van der Waals surface area contributed by atoms with E-state index in [1.165, 1.54) is 0 Å². The summed E-state index contributed by atoms with van der Waals surface area (Å²) < 4.78 is 16.0. The summed E-state index contributed by atoms with van der Waals surface area (Å²) >= 11 is 0. The Morgan fingerprint density at radius 2 is 2.41 bits per heavy atom. The fraction of sp³-hybridized carbons (Fsp3) is 0.636. The molecule has 0 aromatic carbocycles. The largest absolute Gasteiger partial charge is 0.481 e. The van der Waals surface area contributed by atoms with E-state index in [9.17, 15) is 0 Å². The summed E-state index contributed by atoms with van der Waals surface area (Å²) in [5, 5.41) is 0. The number of methoxy groups -OCH3 is 1. The highest BCUT2D eigenvalue weighted by molar-refractivity contribution is 5.30. The van der Waals surface area contributed by atoms with Crippen LogP contribution >= 0.6 is 0 Å². The molecule has 0 amide bonds. The van der Waals surface area contributed by atoms with Gasteiger partial charge >= 0.3 is 0 Å². The normalized spacial score (nSPS) is 20.0. The van der Waals surface area contributed by atoms with Crippen molar-refractivity contribution >= 4 is 5.95 Å². The van der Waals surface area contributed by atoms with Crippen LogP contribution in [0, 0.1) is 0 Å². The Hall–Kier alpha value is -1.40. The molecule has 1 fully saturated rings. The van der Waals surface area contributed by atoms with Crippen molar-refractivity contribution in [2.24, 2.45) is 0 Å². The molecule has 1 aliphatic heterocycles. The number of nitrogens with zero attached hydrogens (tertiary/aromatic N) is 3. The Morgan fingerprint density at radius 1 is 1.53 bits per heavy atom. The number of anilines is 1. The van der Waals surface area contributed by atoms with Crippen LogP contribution in [-0.4, -0.2) is 56.6 Å². The quantitative estimate of drug-likeness (QED) is 0.755. The Morgan fingerprint density at radius 3 is 3.12 bits per heavy atom. The predicted molar refractivity (Wildman–Crippen MR) is 62.4 cm³/mol. The number of aromatic nitrogens is 2. The van der Waals surface area contributed by atoms with Gasteiger partial charge in [0.1, 0.15) is 0 Å². The van der Waals surface area contributed by atoms with Crippen molar-refractivity contribution in [3.63, 3.8) is 0 Å². The topological polar surface area (TPSA) is 56.7 Å². The second-order valence-electron chi connectivity index (χ2n) is 3.85. The molecule has 0 bridgehead atoms. The molecular formula is C11H17N3O3. The van der Waals surface area contributed by atoms with Crippen LogP contribution in [0.5, 0.6) is 5.88 Å². The van der Waals surface area contributed by atoms with Crippen molar-refractivity contribution in [3.05, 3.63) is 12.3 Å². The highest BCUT2D eigenvalue weighted by Gasteiger charge is 2.17. The van der Waals surface area contributed by atoms with Crippen LogP contribution < -0.4 is 9.64 Å². The third-order valence-electron chi connectivity index (χ3n) is 2.53. The lowest BCUT2D eigenvalue weighted by Gasteiger charge is -2.27. The van der Waals surface area contributed by atoms with Gasteiger partial charge in [-0.1, -0.05) is 0 Å². The summed E-state index contributed by atoms with van der Waals surface area (Å²) in [5.41, 5.74) is 0. The maximum absolute atomic E-state index is 5.57. The van der Waals surface area contributed by atoms with Crippen molar-refractivity contribution in [2.45, 2.75) is 6.10 Å². The van der Waals surface area contributed by atoms with Gasteiger partial charge in [0.15, 0.2) is 0 Å². The molecule has 6 nitrogen and oxygen atoms in total. The van der Waals surface area contributed by atoms with Crippen molar-refractivity contribution in [3.8, 4) is 5.88 Å². The number of rotatable bonds is 4. The van der Waals surface area contributed by atoms with E-state index < -0.39 is 0 Å². The average molecular weight is 239 g/mol. The zero-order valence-electron chi connectivity index (χ0n) is 10.1. The molecule has 1 atom stereocenters. The summed E-state index contributed by atoms with van der Waals surface area (Å²) in [6.07, 6.45) is 1.75. The standard InChI is InChI=1S/C11H17N3O3/c1-14(7-9-8-16-5-6-17-9)11-12-4-3-10(13-11)15-2/h3-4,9H,5-8H2,1-2H3. The minimum absolute atomic E-state index is 0.0727. The van der Waals surface area contributed by atoms with Crippen molar-refractivity contribution in [1.82, 2.24) is 9.97 Å². The van der Waals surface area contributed by atoms with Crippen LogP contribution in [-0.2, 0) is 9.47 Å². The molecule has 0 aliphatic carbocycles. The van der Waals surface area contributed by atoms with E-state index in [4.69, 9.17) is 14.2 Å². The molecule has 0 saturated carbocycles. The van der Waals surface area contributed by atoms with Gasteiger partial charge in [-0.05, 0) is 0 Å². The first-order valence-corrected chi connectivity index (χ1v) is 5.57. The lowest BCUT2D eigenvalue weighted by atomic mass is 10.3. The Balaban J connectivity index is 1.95. The number of ether oxygens (including phenoxy) is 3. The van der Waals surface area contributed by atoms with Gasteiger partial charge in [0.05, 0.1) is 33.0 Å². The summed E-state index contributed by atoms with van der Waals surface area (Å²) in [6.45, 7) is 2.65. The smallest absolute Gasteiger partial charge is 0.228 e. The first kappa shape index (κ1) is 12.1. The first-order valence-electron chi connectivity index (χ1n) is 5.57. The number of likely N-dealkylation sites (N-methyl/N-ethyl adjacent to an activating group) is 1. The fourth-order valence-electron chi connectivity index (χ4n) is 1.66. The Labute approximate surface area is 101 Å². The molecule has 1 aromatic heterocycles. The fourth-order valence-corrected chi connectivity index (χ4v) is 1.66. The van der Waals surface area contributed by atoms with Gasteiger partial charge in [0.2, 0.25) is 11.8 Å². The van der Waals surface area contributed by atoms with Crippen molar-refractivity contribution < 1.29 is 14.2 Å². The molecule has 0 spiro atoms. The van der Waals surface area contributed by atoms with Gasteiger partial charge in [0.25, 0.3) is 0 Å². The summed E-state index contributed by atoms with van der Waals surface area (Å²) in [6, 6.07) is 1.72. The zero-order chi connectivity index (χ0) is 12.1. The van der Waals surface area contributed by atoms with Crippen LogP contribution in [0.25, 0.3) is 0 Å². The van der Waals surface area contributed by atoms with Crippen LogP contribution in [0.3, 0.4) is 0 Å². The molecule has 1 aliphatic rings. The van der Waals surface area contributed by atoms with E-state index in [0.29, 0.717) is 38.2 Å². The molecule has 6 heteroatoms. The molecule has 0 N–H and O–H groups in total. The zero-order valence-corrected chi connectivity index (χ0v) is 10.1. The lowest BCUT2D eigenvalue weighted by Crippen LogP contribution is -2.39. The Kier molecular flexibility index (Phi) is 4.11. The SMILES string of the molecule is COc1ccnc(N(C)CC2COCCO2)n1. The van der Waals surface area contributed by atoms with Gasteiger partial charge in [-0.15, -0.1) is 0 Å². The van der Waals surface area contributed by atoms with Crippen LogP contribution in [0.2, 0.25) is 0 Å². The van der Waals surface area contributed by atoms with Crippen molar-refractivity contribution in [2.75, 3.05) is 45.4 Å². The third-order valence-corrected chi connectivity index (χ3v) is 2.53. The molecule has 2 rings (SSSR count). The highest BCUT2D eigenvalue weighted by Crippen LogP contribution is 2.12. The predicted octanol–water partition coefficient (Wildman–Crippen LogP) is 0.337. The van der Waals surface area contributed by atoms with E-state index >= 15 is 0 Å². The van der Waals surface area contributed by atoms with Gasteiger partial charge in [-0.3, -0.25) is 0 Å². The van der Waals surface area contributed by atoms with E-state index in [-0.39, 0.29) is 6.10 Å². The van der Waals surface area contributed by atoms with Gasteiger partial charge in [0, 0.05) is 25.9 Å². The van der Waals surface area contributed by atoms with E-state index in [1.807, 2.05) is 11.9 Å². The molecule has 94 valence electrons. The minimum atomic E-state index is 0.0727. The average Bonchev–Trinajstić information content (AvgIpc) is 2.40. The first-order chi connectivity index (χ1) is 8.29. The Bertz CT molecular complexity index is 356. The van der Waals surface area contributed by atoms with Crippen LogP contribution in [0.15, 0.2) is 12.3 Å². The van der Waals surface area contributed by atoms with Crippen LogP contribution in [0.4, 0.5) is 5.95 Å². The molecule has 0 radical (unpaired) electrons. The highest BCUT2D eigenvalue weighted by atomic mass is 16.6. The second-order valence-corrected chi connectivity index (χ2v) is 3.85. The molecule has 2 heterocycles. The van der Waals surface area contributed by atoms with E-state index in [1.54, 1.807) is 19.4 Å². The van der Waals surface area contributed by atoms with E-state index in [0.717, 1.165) is 0 Å². The number of hydrogen-bond donors (Lipinski definition) is 0. The van der Waals surface area contributed by atoms with Crippen molar-refractivity contribution in [1.29, 1.82) is 0 Å². The number of hydrogen-bond acceptors (Lipinski definition) is 6. The lowest BCUT2D eigenvalue weighted by molar-refractivity contribution is -0.0838. The maximum Gasteiger partial charge on any atom is 0.228 e. The van der Waals surface area contributed by atoms with Gasteiger partial charge in [-0.25, -0.2) is 4.98 Å². The van der Waals surface area contributed by atoms with E-state index in [2.05, 4.69) is 9.97 Å². The van der Waals surface area contributed by atoms with Crippen LogP contribution in [0.1, 0.15) is 0 Å². The molecular weight excluding hydrogens is 222 g/mol. The van der Waals surface area contributed by atoms with Gasteiger partial charge < -0.3 is 19.1 Å². The summed E-state index contributed by atoms with van der Waals surface area (Å²) in [4.78, 5) is 10.4. The maximum atomic E-state index is 5.57. The summed E-state index contributed by atoms with van der Waals surface area (Å²) in [5.74, 6) is 1.18. The third kappa shape index (κ3) is 3.28. The molecule has 1 saturated heterocycles. The molecule has 17 heavy (non-hydrogen) atoms. The molecule has 1 aromatic rings. The second kappa shape index (κ2) is 5.79. The van der Waals surface area contributed by atoms with Gasteiger partial charge in [-0.2, -0.15) is 4.98 Å². The summed E-state index contributed by atoms with van der Waals surface area (Å²) in [7, 11) is 3.51.